The van der Waals surface area contributed by atoms with Crippen LogP contribution < -0.4 is 14.8 Å². The van der Waals surface area contributed by atoms with Gasteiger partial charge in [-0.25, -0.2) is 9.67 Å². The number of rotatable bonds is 5. The zero-order chi connectivity index (χ0) is 19.1. The Labute approximate surface area is 161 Å². The fourth-order valence-electron chi connectivity index (χ4n) is 2.35. The van der Waals surface area contributed by atoms with E-state index >= 15 is 0 Å². The lowest BCUT2D eigenvalue weighted by molar-refractivity contribution is 0.267. The van der Waals surface area contributed by atoms with Gasteiger partial charge >= 0.3 is 5.24 Å². The molecule has 3 rings (SSSR count). The van der Waals surface area contributed by atoms with Crippen molar-refractivity contribution in [1.82, 2.24) is 9.78 Å². The third kappa shape index (κ3) is 4.98. The second kappa shape index (κ2) is 9.05. The molecule has 2 aromatic carbocycles. The molecule has 0 N–H and O–H groups in total. The smallest absolute Gasteiger partial charge is 0.310 e. The van der Waals surface area contributed by atoms with Gasteiger partial charge in [-0.15, -0.1) is 0 Å². The SMILES string of the molecule is CCOc1cc(=NC(=O)Sc2ccc(OC)cc2)cnn1-c1ccccc1. The molecule has 0 atom stereocenters. The predicted molar refractivity (Wildman–Crippen MR) is 105 cm³/mol. The maximum Gasteiger partial charge on any atom is 0.310 e. The molecule has 0 unspecified atom stereocenters. The predicted octanol–water partition coefficient (Wildman–Crippen LogP) is 4.09. The second-order valence-corrected chi connectivity index (χ2v) is 6.41. The number of carbonyl (C=O) groups is 1. The maximum absolute atomic E-state index is 12.3. The normalized spacial score (nSPS) is 11.3. The lowest BCUT2D eigenvalue weighted by atomic mass is 10.3. The molecule has 1 heterocycles. The van der Waals surface area contributed by atoms with Crippen molar-refractivity contribution in [1.29, 1.82) is 0 Å². The van der Waals surface area contributed by atoms with Crippen molar-refractivity contribution >= 4 is 17.0 Å². The Kier molecular flexibility index (Phi) is 6.27. The zero-order valence-corrected chi connectivity index (χ0v) is 15.8. The molecule has 1 amide bonds. The van der Waals surface area contributed by atoms with E-state index in [1.165, 1.54) is 0 Å². The molecule has 0 fully saturated rings. The van der Waals surface area contributed by atoms with E-state index in [0.29, 0.717) is 17.8 Å². The van der Waals surface area contributed by atoms with Crippen LogP contribution in [0.2, 0.25) is 0 Å². The van der Waals surface area contributed by atoms with Crippen LogP contribution in [0.4, 0.5) is 4.79 Å². The van der Waals surface area contributed by atoms with Crippen LogP contribution in [0, 0.1) is 0 Å². The third-order valence-electron chi connectivity index (χ3n) is 3.56. The summed E-state index contributed by atoms with van der Waals surface area (Å²) >= 11 is 1.04. The average molecular weight is 381 g/mol. The molecule has 0 saturated heterocycles. The van der Waals surface area contributed by atoms with Gasteiger partial charge in [-0.05, 0) is 55.1 Å². The number of methoxy groups -OCH3 is 1. The van der Waals surface area contributed by atoms with Gasteiger partial charge in [0, 0.05) is 11.0 Å². The molecule has 0 spiro atoms. The van der Waals surface area contributed by atoms with Crippen molar-refractivity contribution in [3.8, 4) is 17.3 Å². The number of hydrogen-bond acceptors (Lipinski definition) is 5. The van der Waals surface area contributed by atoms with Gasteiger partial charge in [0.25, 0.3) is 0 Å². The highest BCUT2D eigenvalue weighted by Gasteiger charge is 2.07. The molecular weight excluding hydrogens is 362 g/mol. The van der Waals surface area contributed by atoms with E-state index in [9.17, 15) is 4.79 Å². The van der Waals surface area contributed by atoms with E-state index in [1.807, 2.05) is 49.4 Å². The van der Waals surface area contributed by atoms with E-state index in [2.05, 4.69) is 10.1 Å². The number of carbonyl (C=O) groups excluding carboxylic acids is 1. The van der Waals surface area contributed by atoms with Crippen molar-refractivity contribution in [3.63, 3.8) is 0 Å². The number of para-hydroxylation sites is 1. The topological polar surface area (TPSA) is 65.7 Å². The Morgan fingerprint density at radius 3 is 2.56 bits per heavy atom. The van der Waals surface area contributed by atoms with Crippen LogP contribution in [0.5, 0.6) is 11.6 Å². The largest absolute Gasteiger partial charge is 0.497 e. The number of nitrogens with zero attached hydrogens (tertiary/aromatic N) is 3. The molecule has 1 aromatic heterocycles. The van der Waals surface area contributed by atoms with Crippen LogP contribution in [0.1, 0.15) is 6.92 Å². The summed E-state index contributed by atoms with van der Waals surface area (Å²) in [5, 5.41) is 4.48. The molecule has 27 heavy (non-hydrogen) atoms. The Morgan fingerprint density at radius 2 is 1.89 bits per heavy atom. The monoisotopic (exact) mass is 381 g/mol. The van der Waals surface area contributed by atoms with Gasteiger partial charge in [-0.1, -0.05) is 18.2 Å². The zero-order valence-electron chi connectivity index (χ0n) is 15.0. The molecule has 7 heteroatoms. The number of ether oxygens (including phenoxy) is 2. The number of hydrogen-bond donors (Lipinski definition) is 0. The molecule has 3 aromatic rings. The first-order chi connectivity index (χ1) is 13.2. The molecule has 0 saturated carbocycles. The summed E-state index contributed by atoms with van der Waals surface area (Å²) < 4.78 is 12.4. The average Bonchev–Trinajstić information content (AvgIpc) is 2.70. The minimum Gasteiger partial charge on any atom is -0.497 e. The van der Waals surface area contributed by atoms with Crippen LogP contribution in [0.15, 0.2) is 76.7 Å². The van der Waals surface area contributed by atoms with E-state index in [4.69, 9.17) is 9.47 Å². The van der Waals surface area contributed by atoms with E-state index < -0.39 is 0 Å². The van der Waals surface area contributed by atoms with E-state index in [-0.39, 0.29) is 5.24 Å². The van der Waals surface area contributed by atoms with Gasteiger partial charge in [0.1, 0.15) is 5.75 Å². The first-order valence-electron chi connectivity index (χ1n) is 8.38. The number of aromatic nitrogens is 2. The molecule has 0 aliphatic heterocycles. The first-order valence-corrected chi connectivity index (χ1v) is 9.19. The van der Waals surface area contributed by atoms with E-state index in [0.717, 1.165) is 28.1 Å². The molecule has 0 radical (unpaired) electrons. The fourth-order valence-corrected chi connectivity index (χ4v) is 2.97. The highest BCUT2D eigenvalue weighted by Crippen LogP contribution is 2.22. The number of benzene rings is 2. The molecular formula is C20H19N3O3S. The van der Waals surface area contributed by atoms with Crippen molar-refractivity contribution in [3.05, 3.63) is 72.2 Å². The van der Waals surface area contributed by atoms with Gasteiger partial charge < -0.3 is 9.47 Å². The number of thioether (sulfide) groups is 1. The standard InChI is InChI=1S/C20H19N3O3S/c1-3-26-19-13-15(14-21-23(19)16-7-5-4-6-8-16)22-20(24)27-18-11-9-17(25-2)10-12-18/h4-14H,3H2,1-2H3. The summed E-state index contributed by atoms with van der Waals surface area (Å²) in [6.07, 6.45) is 1.54. The summed E-state index contributed by atoms with van der Waals surface area (Å²) in [6.45, 7) is 2.37. The van der Waals surface area contributed by atoms with Gasteiger partial charge in [0.15, 0.2) is 0 Å². The molecule has 138 valence electrons. The first kappa shape index (κ1) is 18.7. The van der Waals surface area contributed by atoms with Crippen molar-refractivity contribution in [2.45, 2.75) is 11.8 Å². The minimum atomic E-state index is -0.332. The highest BCUT2D eigenvalue weighted by atomic mass is 32.2. The lowest BCUT2D eigenvalue weighted by Gasteiger charge is -2.11. The molecule has 0 aliphatic carbocycles. The fraction of sp³-hybridized carbons (Fsp3) is 0.150. The molecule has 6 nitrogen and oxygen atoms in total. The van der Waals surface area contributed by atoms with E-state index in [1.54, 1.807) is 36.2 Å². The minimum absolute atomic E-state index is 0.332. The summed E-state index contributed by atoms with van der Waals surface area (Å²) in [4.78, 5) is 17.2. The quantitative estimate of drug-likeness (QED) is 0.623. The Hall–Kier alpha value is -3.06. The second-order valence-electron chi connectivity index (χ2n) is 5.39. The van der Waals surface area contributed by atoms with Crippen LogP contribution >= 0.6 is 11.8 Å². The van der Waals surface area contributed by atoms with Gasteiger partial charge in [-0.3, -0.25) is 4.79 Å². The van der Waals surface area contributed by atoms with Crippen LogP contribution in [0.3, 0.4) is 0 Å². The summed E-state index contributed by atoms with van der Waals surface area (Å²) in [6, 6.07) is 18.6. The van der Waals surface area contributed by atoms with Crippen molar-refractivity contribution in [2.75, 3.05) is 13.7 Å². The van der Waals surface area contributed by atoms with Gasteiger partial charge in [-0.2, -0.15) is 5.10 Å². The molecule has 0 bridgehead atoms. The van der Waals surface area contributed by atoms with Crippen molar-refractivity contribution in [2.24, 2.45) is 4.99 Å². The van der Waals surface area contributed by atoms with Crippen LogP contribution in [0.25, 0.3) is 5.69 Å². The Morgan fingerprint density at radius 1 is 1.15 bits per heavy atom. The number of amides is 1. The summed E-state index contributed by atoms with van der Waals surface area (Å²) in [5.74, 6) is 1.26. The summed E-state index contributed by atoms with van der Waals surface area (Å²) in [7, 11) is 1.60. The maximum atomic E-state index is 12.3. The summed E-state index contributed by atoms with van der Waals surface area (Å²) in [5.41, 5.74) is 0.867. The Balaban J connectivity index is 1.84. The lowest BCUT2D eigenvalue weighted by Crippen LogP contribution is -2.14. The van der Waals surface area contributed by atoms with Crippen LogP contribution in [-0.4, -0.2) is 28.7 Å². The third-order valence-corrected chi connectivity index (χ3v) is 4.34. The van der Waals surface area contributed by atoms with Crippen molar-refractivity contribution < 1.29 is 14.3 Å². The van der Waals surface area contributed by atoms with Gasteiger partial charge in [0.2, 0.25) is 5.88 Å². The Bertz CT molecular complexity index is 970. The van der Waals surface area contributed by atoms with Crippen LogP contribution in [-0.2, 0) is 0 Å². The highest BCUT2D eigenvalue weighted by molar-refractivity contribution is 8.13. The van der Waals surface area contributed by atoms with Gasteiger partial charge in [0.05, 0.1) is 31.0 Å². The molecule has 0 aliphatic rings.